The third-order valence-electron chi connectivity index (χ3n) is 2.33. The van der Waals surface area contributed by atoms with Crippen LogP contribution in [0.2, 0.25) is 0 Å². The average molecular weight is 239 g/mol. The van der Waals surface area contributed by atoms with E-state index in [1.165, 1.54) is 11.8 Å². The predicted octanol–water partition coefficient (Wildman–Crippen LogP) is 2.39. The molecule has 0 saturated carbocycles. The summed E-state index contributed by atoms with van der Waals surface area (Å²) in [6, 6.07) is 7.80. The van der Waals surface area contributed by atoms with Gasteiger partial charge < -0.3 is 0 Å². The number of aliphatic imine (C=N–C) groups is 1. The highest BCUT2D eigenvalue weighted by Crippen LogP contribution is 2.13. The lowest BCUT2D eigenvalue weighted by Gasteiger charge is -1.98. The maximum absolute atomic E-state index is 11.2. The highest BCUT2D eigenvalue weighted by molar-refractivity contribution is 7.91. The van der Waals surface area contributed by atoms with Gasteiger partial charge in [0.15, 0.2) is 9.84 Å². The largest absolute Gasteiger partial charge is 0.260 e. The smallest absolute Gasteiger partial charge is 0.155 e. The zero-order valence-electron chi connectivity index (χ0n) is 9.68. The van der Waals surface area contributed by atoms with Gasteiger partial charge in [0.1, 0.15) is 0 Å². The van der Waals surface area contributed by atoms with Gasteiger partial charge in [0, 0.05) is 12.0 Å². The highest BCUT2D eigenvalue weighted by Gasteiger charge is 2.03. The molecule has 1 aromatic carbocycles. The minimum absolute atomic E-state index is 0.0137. The van der Waals surface area contributed by atoms with E-state index in [0.717, 1.165) is 12.1 Å². The second-order valence-electron chi connectivity index (χ2n) is 3.53. The Balaban J connectivity index is 2.70. The van der Waals surface area contributed by atoms with Crippen molar-refractivity contribution in [3.05, 3.63) is 29.8 Å². The zero-order chi connectivity index (χ0) is 12.0. The molecule has 0 amide bonds. The minimum Gasteiger partial charge on any atom is -0.260 e. The van der Waals surface area contributed by atoms with Gasteiger partial charge in [-0.15, -0.1) is 0 Å². The first kappa shape index (κ1) is 12.9. The fraction of sp³-hybridized carbons (Fsp3) is 0.417. The summed E-state index contributed by atoms with van der Waals surface area (Å²) < 4.78 is 22.4. The molecule has 1 rings (SSSR count). The van der Waals surface area contributed by atoms with Crippen LogP contribution in [-0.4, -0.2) is 26.1 Å². The summed E-state index contributed by atoms with van der Waals surface area (Å²) in [5.41, 5.74) is 2.01. The zero-order valence-corrected chi connectivity index (χ0v) is 10.5. The maximum Gasteiger partial charge on any atom is 0.155 e. The van der Waals surface area contributed by atoms with E-state index in [-0.39, 0.29) is 11.5 Å². The molecule has 0 aromatic heterocycles. The molecule has 0 saturated heterocycles. The van der Waals surface area contributed by atoms with Gasteiger partial charge >= 0.3 is 0 Å². The van der Waals surface area contributed by atoms with Gasteiger partial charge in [-0.25, -0.2) is 8.42 Å². The van der Waals surface area contributed by atoms with Crippen molar-refractivity contribution in [2.24, 2.45) is 4.99 Å². The Morgan fingerprint density at radius 3 is 2.69 bits per heavy atom. The fourth-order valence-electron chi connectivity index (χ4n) is 1.23. The summed E-state index contributed by atoms with van der Waals surface area (Å²) in [5.74, 6) is 0.174. The standard InChI is InChI=1S/C12H17NO2S/c1-3-11-6-5-7-12(10-11)13-8-9-16(14,15)4-2/h5-8,10H,3-4,9H2,1-2H3. The van der Waals surface area contributed by atoms with E-state index in [9.17, 15) is 8.42 Å². The topological polar surface area (TPSA) is 46.5 Å². The Kier molecular flexibility index (Phi) is 4.68. The molecular formula is C12H17NO2S. The number of hydrogen-bond donors (Lipinski definition) is 0. The Morgan fingerprint density at radius 1 is 1.31 bits per heavy atom. The summed E-state index contributed by atoms with van der Waals surface area (Å²) in [7, 11) is -2.95. The third-order valence-corrected chi connectivity index (χ3v) is 3.86. The number of sulfone groups is 1. The van der Waals surface area contributed by atoms with Crippen molar-refractivity contribution in [1.82, 2.24) is 0 Å². The third kappa shape index (κ3) is 4.14. The van der Waals surface area contributed by atoms with Crippen molar-refractivity contribution in [3.8, 4) is 0 Å². The lowest BCUT2D eigenvalue weighted by molar-refractivity contribution is 0.601. The van der Waals surface area contributed by atoms with Crippen LogP contribution < -0.4 is 0 Å². The van der Waals surface area contributed by atoms with E-state index in [4.69, 9.17) is 0 Å². The molecule has 3 nitrogen and oxygen atoms in total. The van der Waals surface area contributed by atoms with Gasteiger partial charge in [-0.2, -0.15) is 0 Å². The lowest BCUT2D eigenvalue weighted by atomic mass is 10.1. The van der Waals surface area contributed by atoms with Crippen LogP contribution in [0.25, 0.3) is 0 Å². The maximum atomic E-state index is 11.2. The molecule has 16 heavy (non-hydrogen) atoms. The monoisotopic (exact) mass is 239 g/mol. The molecule has 0 unspecified atom stereocenters. The van der Waals surface area contributed by atoms with Crippen molar-refractivity contribution in [2.75, 3.05) is 11.5 Å². The second-order valence-corrected chi connectivity index (χ2v) is 5.93. The Labute approximate surface area is 97.1 Å². The van der Waals surface area contributed by atoms with Gasteiger partial charge in [0.05, 0.1) is 11.4 Å². The van der Waals surface area contributed by atoms with Crippen LogP contribution in [0, 0.1) is 0 Å². The number of rotatable bonds is 5. The first-order chi connectivity index (χ1) is 7.57. The molecule has 0 aliphatic carbocycles. The molecular weight excluding hydrogens is 222 g/mol. The second kappa shape index (κ2) is 5.80. The number of benzene rings is 1. The van der Waals surface area contributed by atoms with E-state index in [2.05, 4.69) is 11.9 Å². The molecule has 88 valence electrons. The summed E-state index contributed by atoms with van der Waals surface area (Å²) in [6.45, 7) is 3.71. The van der Waals surface area contributed by atoms with Gasteiger partial charge in [0.2, 0.25) is 0 Å². The van der Waals surface area contributed by atoms with E-state index in [1.807, 2.05) is 24.3 Å². The molecule has 0 aliphatic rings. The molecule has 0 N–H and O–H groups in total. The van der Waals surface area contributed by atoms with Gasteiger partial charge in [-0.05, 0) is 24.1 Å². The molecule has 0 radical (unpaired) electrons. The summed E-state index contributed by atoms with van der Waals surface area (Å²) >= 11 is 0. The van der Waals surface area contributed by atoms with Crippen LogP contribution in [0.5, 0.6) is 0 Å². The van der Waals surface area contributed by atoms with Gasteiger partial charge in [-0.1, -0.05) is 26.0 Å². The van der Waals surface area contributed by atoms with Crippen LogP contribution in [-0.2, 0) is 16.3 Å². The summed E-state index contributed by atoms with van der Waals surface area (Å²) in [4.78, 5) is 4.14. The SMILES string of the molecule is CCc1cccc(N=CCS(=O)(=O)CC)c1. The summed E-state index contributed by atoms with van der Waals surface area (Å²) in [6.07, 6.45) is 2.42. The van der Waals surface area contributed by atoms with Crippen LogP contribution in [0.4, 0.5) is 5.69 Å². The van der Waals surface area contributed by atoms with Gasteiger partial charge in [-0.3, -0.25) is 4.99 Å². The van der Waals surface area contributed by atoms with Crippen molar-refractivity contribution >= 4 is 21.7 Å². The van der Waals surface area contributed by atoms with Crippen molar-refractivity contribution in [1.29, 1.82) is 0 Å². The van der Waals surface area contributed by atoms with E-state index < -0.39 is 9.84 Å². The molecule has 0 bridgehead atoms. The molecule has 0 spiro atoms. The highest BCUT2D eigenvalue weighted by atomic mass is 32.2. The number of hydrogen-bond acceptors (Lipinski definition) is 3. The normalized spacial score (nSPS) is 12.1. The quantitative estimate of drug-likeness (QED) is 0.741. The van der Waals surface area contributed by atoms with Crippen LogP contribution in [0.15, 0.2) is 29.3 Å². The van der Waals surface area contributed by atoms with E-state index in [0.29, 0.717) is 0 Å². The fourth-order valence-corrected chi connectivity index (χ4v) is 1.77. The van der Waals surface area contributed by atoms with Gasteiger partial charge in [0.25, 0.3) is 0 Å². The molecule has 0 aliphatic heterocycles. The first-order valence-corrected chi connectivity index (χ1v) is 7.21. The van der Waals surface area contributed by atoms with E-state index in [1.54, 1.807) is 6.92 Å². The number of aryl methyl sites for hydroxylation is 1. The van der Waals surface area contributed by atoms with Crippen molar-refractivity contribution < 1.29 is 8.42 Å². The van der Waals surface area contributed by atoms with Crippen molar-refractivity contribution in [3.63, 3.8) is 0 Å². The van der Waals surface area contributed by atoms with Crippen LogP contribution in [0.1, 0.15) is 19.4 Å². The first-order valence-electron chi connectivity index (χ1n) is 5.39. The molecule has 0 atom stereocenters. The summed E-state index contributed by atoms with van der Waals surface area (Å²) in [5, 5.41) is 0. The predicted molar refractivity (Wildman–Crippen MR) is 68.3 cm³/mol. The van der Waals surface area contributed by atoms with E-state index >= 15 is 0 Å². The Morgan fingerprint density at radius 2 is 2.06 bits per heavy atom. The Hall–Kier alpha value is -1.16. The minimum atomic E-state index is -2.95. The molecule has 1 aromatic rings. The van der Waals surface area contributed by atoms with Crippen LogP contribution in [0.3, 0.4) is 0 Å². The molecule has 4 heteroatoms. The average Bonchev–Trinajstić information content (AvgIpc) is 2.29. The van der Waals surface area contributed by atoms with Crippen LogP contribution >= 0.6 is 0 Å². The number of nitrogens with zero attached hydrogens (tertiary/aromatic N) is 1. The Bertz CT molecular complexity index is 464. The van der Waals surface area contributed by atoms with Crippen molar-refractivity contribution in [2.45, 2.75) is 20.3 Å². The molecule has 0 fully saturated rings. The molecule has 0 heterocycles. The lowest BCUT2D eigenvalue weighted by Crippen LogP contribution is -2.09.